The molecule has 0 amide bonds. The number of carbonyl (C=O) groups excluding carboxylic acids is 1. The molecule has 0 N–H and O–H groups in total. The molecule has 3 aliphatic rings. The molecule has 3 rings (SSSR count). The highest BCUT2D eigenvalue weighted by molar-refractivity contribution is 5.77. The van der Waals surface area contributed by atoms with Crippen LogP contribution < -0.4 is 0 Å². The van der Waals surface area contributed by atoms with E-state index in [4.69, 9.17) is 18.9 Å². The van der Waals surface area contributed by atoms with Gasteiger partial charge in [0.15, 0.2) is 6.10 Å². The predicted molar refractivity (Wildman–Crippen MR) is 52.7 cm³/mol. The van der Waals surface area contributed by atoms with Crippen molar-refractivity contribution < 1.29 is 23.7 Å². The molecule has 0 radical (unpaired) electrons. The summed E-state index contributed by atoms with van der Waals surface area (Å²) >= 11 is 0. The molecule has 3 atom stereocenters. The lowest BCUT2D eigenvalue weighted by Gasteiger charge is -2.43. The highest BCUT2D eigenvalue weighted by Crippen LogP contribution is 2.44. The van der Waals surface area contributed by atoms with Crippen LogP contribution in [0.25, 0.3) is 0 Å². The van der Waals surface area contributed by atoms with E-state index in [1.54, 1.807) is 7.11 Å². The Kier molecular flexibility index (Phi) is 2.42. The fourth-order valence-electron chi connectivity index (χ4n) is 3.15. The van der Waals surface area contributed by atoms with Crippen LogP contribution in [0.15, 0.2) is 0 Å². The molecular formula is C11H16O5. The molecule has 5 nitrogen and oxygen atoms in total. The Balaban J connectivity index is 1.92. The van der Waals surface area contributed by atoms with Crippen LogP contribution in [-0.2, 0) is 23.7 Å². The van der Waals surface area contributed by atoms with E-state index in [-0.39, 0.29) is 25.0 Å². The lowest BCUT2D eigenvalue weighted by atomic mass is 9.85. The largest absolute Gasteiger partial charge is 0.454 e. The van der Waals surface area contributed by atoms with E-state index >= 15 is 0 Å². The first-order valence-corrected chi connectivity index (χ1v) is 5.76. The fourth-order valence-corrected chi connectivity index (χ4v) is 3.15. The van der Waals surface area contributed by atoms with E-state index in [1.165, 1.54) is 0 Å². The lowest BCUT2D eigenvalue weighted by Crippen LogP contribution is -2.61. The molecule has 1 spiro atoms. The monoisotopic (exact) mass is 228 g/mol. The Morgan fingerprint density at radius 2 is 2.06 bits per heavy atom. The van der Waals surface area contributed by atoms with E-state index in [9.17, 15) is 4.79 Å². The molecule has 0 aromatic heterocycles. The minimum absolute atomic E-state index is 0.153. The van der Waals surface area contributed by atoms with Gasteiger partial charge in [-0.1, -0.05) is 0 Å². The second-order valence-electron chi connectivity index (χ2n) is 4.69. The van der Waals surface area contributed by atoms with Gasteiger partial charge in [0.05, 0.1) is 0 Å². The first-order valence-electron chi connectivity index (χ1n) is 5.76. The van der Waals surface area contributed by atoms with Crippen LogP contribution in [0.2, 0.25) is 0 Å². The lowest BCUT2D eigenvalue weighted by molar-refractivity contribution is -0.217. The number of hydrogen-bond acceptors (Lipinski definition) is 5. The average Bonchev–Trinajstić information content (AvgIpc) is 2.88. The standard InChI is InChI=1S/C11H16O5/c1-13-9-7-8(15-6-14-7)10(12)16-11(9)4-2-3-5-11/h7-9H,2-6H2,1H3/t7-,8-,9-/m0/s1. The zero-order chi connectivity index (χ0) is 11.2. The van der Waals surface area contributed by atoms with Gasteiger partial charge in [-0.2, -0.15) is 0 Å². The molecule has 0 bridgehead atoms. The number of hydrogen-bond donors (Lipinski definition) is 0. The molecule has 1 saturated carbocycles. The third-order valence-electron chi connectivity index (χ3n) is 3.86. The molecule has 90 valence electrons. The average molecular weight is 228 g/mol. The fraction of sp³-hybridized carbons (Fsp3) is 0.909. The zero-order valence-corrected chi connectivity index (χ0v) is 9.31. The maximum Gasteiger partial charge on any atom is 0.338 e. The Morgan fingerprint density at radius 1 is 1.31 bits per heavy atom. The van der Waals surface area contributed by atoms with E-state index in [2.05, 4.69) is 0 Å². The summed E-state index contributed by atoms with van der Waals surface area (Å²) in [5.74, 6) is -0.294. The minimum atomic E-state index is -0.601. The van der Waals surface area contributed by atoms with Crippen molar-refractivity contribution >= 4 is 5.97 Å². The number of fused-ring (bicyclic) bond motifs is 1. The summed E-state index contributed by atoms with van der Waals surface area (Å²) in [6.45, 7) is 0.153. The van der Waals surface area contributed by atoms with Crippen molar-refractivity contribution in [3.05, 3.63) is 0 Å². The summed E-state index contributed by atoms with van der Waals surface area (Å²) in [6, 6.07) is 0. The van der Waals surface area contributed by atoms with E-state index in [0.29, 0.717) is 0 Å². The zero-order valence-electron chi connectivity index (χ0n) is 9.31. The van der Waals surface area contributed by atoms with Gasteiger partial charge in [0, 0.05) is 7.11 Å². The normalized spacial score (nSPS) is 41.1. The van der Waals surface area contributed by atoms with Gasteiger partial charge in [0.25, 0.3) is 0 Å². The molecule has 0 unspecified atom stereocenters. The van der Waals surface area contributed by atoms with Gasteiger partial charge < -0.3 is 18.9 Å². The summed E-state index contributed by atoms with van der Waals surface area (Å²) in [4.78, 5) is 11.8. The summed E-state index contributed by atoms with van der Waals surface area (Å²) in [5, 5.41) is 0. The molecule has 2 heterocycles. The van der Waals surface area contributed by atoms with Crippen molar-refractivity contribution in [3.63, 3.8) is 0 Å². The number of rotatable bonds is 1. The van der Waals surface area contributed by atoms with E-state index in [0.717, 1.165) is 25.7 Å². The van der Waals surface area contributed by atoms with E-state index < -0.39 is 11.7 Å². The van der Waals surface area contributed by atoms with Gasteiger partial charge in [0.1, 0.15) is 24.6 Å². The maximum absolute atomic E-state index is 11.8. The van der Waals surface area contributed by atoms with Crippen LogP contribution in [0.5, 0.6) is 0 Å². The summed E-state index contributed by atoms with van der Waals surface area (Å²) in [7, 11) is 1.64. The Bertz CT molecular complexity index is 297. The van der Waals surface area contributed by atoms with Gasteiger partial charge in [-0.05, 0) is 25.7 Å². The van der Waals surface area contributed by atoms with Gasteiger partial charge in [0.2, 0.25) is 0 Å². The maximum atomic E-state index is 11.8. The third-order valence-corrected chi connectivity index (χ3v) is 3.86. The van der Waals surface area contributed by atoms with E-state index in [1.807, 2.05) is 0 Å². The molecule has 1 aliphatic carbocycles. The molecule has 0 aromatic carbocycles. The second kappa shape index (κ2) is 3.68. The summed E-state index contributed by atoms with van der Waals surface area (Å²) in [6.07, 6.45) is 2.78. The Hall–Kier alpha value is -0.650. The van der Waals surface area contributed by atoms with Crippen molar-refractivity contribution in [1.82, 2.24) is 0 Å². The molecule has 2 aliphatic heterocycles. The summed E-state index contributed by atoms with van der Waals surface area (Å²) < 4.78 is 21.8. The van der Waals surface area contributed by atoms with Crippen LogP contribution >= 0.6 is 0 Å². The number of esters is 1. The van der Waals surface area contributed by atoms with Crippen molar-refractivity contribution in [1.29, 1.82) is 0 Å². The number of ether oxygens (including phenoxy) is 4. The Labute approximate surface area is 94.0 Å². The van der Waals surface area contributed by atoms with Gasteiger partial charge >= 0.3 is 5.97 Å². The molecular weight excluding hydrogens is 212 g/mol. The van der Waals surface area contributed by atoms with Crippen LogP contribution in [0, 0.1) is 0 Å². The molecule has 3 fully saturated rings. The van der Waals surface area contributed by atoms with Crippen molar-refractivity contribution in [3.8, 4) is 0 Å². The Morgan fingerprint density at radius 3 is 2.75 bits per heavy atom. The highest BCUT2D eigenvalue weighted by atomic mass is 16.7. The quantitative estimate of drug-likeness (QED) is 0.615. The first-order chi connectivity index (χ1) is 7.77. The van der Waals surface area contributed by atoms with Crippen molar-refractivity contribution in [2.75, 3.05) is 13.9 Å². The summed E-state index contributed by atoms with van der Waals surface area (Å²) in [5.41, 5.74) is -0.472. The molecule has 2 saturated heterocycles. The number of carbonyl (C=O) groups is 1. The van der Waals surface area contributed by atoms with Crippen LogP contribution in [0.4, 0.5) is 0 Å². The van der Waals surface area contributed by atoms with Crippen molar-refractivity contribution in [2.45, 2.75) is 49.6 Å². The molecule has 5 heteroatoms. The molecule has 16 heavy (non-hydrogen) atoms. The van der Waals surface area contributed by atoms with Gasteiger partial charge in [-0.3, -0.25) is 0 Å². The smallest absolute Gasteiger partial charge is 0.338 e. The topological polar surface area (TPSA) is 54.0 Å². The number of methoxy groups -OCH3 is 1. The minimum Gasteiger partial charge on any atom is -0.454 e. The third kappa shape index (κ3) is 1.31. The second-order valence-corrected chi connectivity index (χ2v) is 4.69. The highest BCUT2D eigenvalue weighted by Gasteiger charge is 2.59. The van der Waals surface area contributed by atoms with Gasteiger partial charge in [-0.25, -0.2) is 4.79 Å². The predicted octanol–water partition coefficient (Wildman–Crippen LogP) is 0.612. The van der Waals surface area contributed by atoms with Gasteiger partial charge in [-0.15, -0.1) is 0 Å². The van der Waals surface area contributed by atoms with Crippen molar-refractivity contribution in [2.24, 2.45) is 0 Å². The molecule has 0 aromatic rings. The first kappa shape index (κ1) is 10.5. The van der Waals surface area contributed by atoms with Crippen LogP contribution in [-0.4, -0.2) is 43.8 Å². The SMILES string of the molecule is CO[C@H]1[C@H]2OCO[C@@H]2C(=O)OC12CCCC2. The van der Waals surface area contributed by atoms with Crippen LogP contribution in [0.1, 0.15) is 25.7 Å². The van der Waals surface area contributed by atoms with Crippen LogP contribution in [0.3, 0.4) is 0 Å².